The molecule has 5 rings (SSSR count). The van der Waals surface area contributed by atoms with Crippen LogP contribution in [0.25, 0.3) is 10.9 Å². The average Bonchev–Trinajstić information content (AvgIpc) is 2.88. The number of aryl methyl sites for hydroxylation is 1. The summed E-state index contributed by atoms with van der Waals surface area (Å²) in [6.07, 6.45) is 0. The molecule has 2 heterocycles. The van der Waals surface area contributed by atoms with Gasteiger partial charge in [-0.15, -0.1) is 0 Å². The third kappa shape index (κ3) is 5.22. The molecule has 0 unspecified atom stereocenters. The Morgan fingerprint density at radius 2 is 1.41 bits per heavy atom. The summed E-state index contributed by atoms with van der Waals surface area (Å²) in [6, 6.07) is 26.4. The first-order valence-corrected chi connectivity index (χ1v) is 12.0. The number of nitrogens with one attached hydrogen (secondary N) is 1. The molecule has 0 amide bonds. The number of fused-ring (bicyclic) bond motifs is 1. The zero-order chi connectivity index (χ0) is 23.3. The molecule has 174 valence electrons. The van der Waals surface area contributed by atoms with Gasteiger partial charge in [-0.3, -0.25) is 14.6 Å². The van der Waals surface area contributed by atoms with Crippen molar-refractivity contribution in [1.82, 2.24) is 14.8 Å². The lowest BCUT2D eigenvalue weighted by atomic mass is 10.1. The van der Waals surface area contributed by atoms with Gasteiger partial charge in [0.15, 0.2) is 5.43 Å². The highest BCUT2D eigenvalue weighted by atomic mass is 16.5. The monoisotopic (exact) mass is 453 g/mol. The molecule has 5 heteroatoms. The first-order valence-electron chi connectivity index (χ1n) is 12.0. The Morgan fingerprint density at radius 3 is 2.09 bits per heavy atom. The zero-order valence-corrected chi connectivity index (χ0v) is 19.7. The smallest absolute Gasteiger partial charge is 0.194 e. The molecule has 1 aliphatic rings. The van der Waals surface area contributed by atoms with Crippen LogP contribution in [0.15, 0.2) is 83.7 Å². The Morgan fingerprint density at radius 1 is 0.794 bits per heavy atom. The number of piperazine rings is 1. The maximum atomic E-state index is 13.4. The molecule has 4 aromatic rings. The van der Waals surface area contributed by atoms with E-state index in [4.69, 9.17) is 4.74 Å². The fourth-order valence-corrected chi connectivity index (χ4v) is 4.62. The summed E-state index contributed by atoms with van der Waals surface area (Å²) in [5.74, 6) is 0.714. The van der Waals surface area contributed by atoms with Crippen LogP contribution in [0.1, 0.15) is 22.4 Å². The van der Waals surface area contributed by atoms with Gasteiger partial charge in [0.25, 0.3) is 0 Å². The Kier molecular flexibility index (Phi) is 6.74. The van der Waals surface area contributed by atoms with Gasteiger partial charge in [0, 0.05) is 61.4 Å². The first kappa shape index (κ1) is 22.4. The average molecular weight is 454 g/mol. The molecule has 1 fully saturated rings. The van der Waals surface area contributed by atoms with Crippen LogP contribution in [0.4, 0.5) is 0 Å². The minimum absolute atomic E-state index is 0.100. The van der Waals surface area contributed by atoms with Gasteiger partial charge >= 0.3 is 0 Å². The number of hydrogen-bond donors (Lipinski definition) is 1. The topological polar surface area (TPSA) is 48.6 Å². The second-order valence-electron chi connectivity index (χ2n) is 9.08. The molecule has 0 spiro atoms. The highest BCUT2D eigenvalue weighted by molar-refractivity contribution is 5.81. The van der Waals surface area contributed by atoms with E-state index >= 15 is 0 Å². The van der Waals surface area contributed by atoms with Crippen LogP contribution in [0.2, 0.25) is 0 Å². The van der Waals surface area contributed by atoms with Gasteiger partial charge in [0.05, 0.1) is 0 Å². The van der Waals surface area contributed by atoms with Crippen molar-refractivity contribution < 1.29 is 4.74 Å². The largest absolute Gasteiger partial charge is 0.489 e. The number of aromatic nitrogens is 1. The number of H-pyrrole nitrogens is 1. The summed E-state index contributed by atoms with van der Waals surface area (Å²) in [7, 11) is 0. The van der Waals surface area contributed by atoms with Crippen molar-refractivity contribution in [2.75, 3.05) is 26.2 Å². The van der Waals surface area contributed by atoms with Crippen molar-refractivity contribution in [3.63, 3.8) is 0 Å². The van der Waals surface area contributed by atoms with Crippen molar-refractivity contribution in [3.8, 4) is 5.75 Å². The zero-order valence-electron chi connectivity index (χ0n) is 19.7. The molecule has 5 nitrogen and oxygen atoms in total. The van der Waals surface area contributed by atoms with Crippen LogP contribution in [0, 0.1) is 6.92 Å². The Labute approximate surface area is 200 Å². The second-order valence-corrected chi connectivity index (χ2v) is 9.08. The number of pyridine rings is 1. The molecule has 0 aliphatic carbocycles. The van der Waals surface area contributed by atoms with Crippen molar-refractivity contribution in [2.24, 2.45) is 0 Å². The molecule has 34 heavy (non-hydrogen) atoms. The highest BCUT2D eigenvalue weighted by Crippen LogP contribution is 2.21. The summed E-state index contributed by atoms with van der Waals surface area (Å²) in [5.41, 5.74) is 5.20. The van der Waals surface area contributed by atoms with Crippen molar-refractivity contribution in [3.05, 3.63) is 111 Å². The maximum absolute atomic E-state index is 13.4. The minimum atomic E-state index is 0.100. The van der Waals surface area contributed by atoms with Gasteiger partial charge in [0.1, 0.15) is 12.4 Å². The van der Waals surface area contributed by atoms with E-state index in [1.54, 1.807) is 0 Å². The molecular formula is C29H31N3O2. The molecule has 0 bridgehead atoms. The standard InChI is InChI=1S/C29H31N3O2/c1-22-27(20-32-16-14-31(15-17-32)19-23-8-4-2-5-9-23)29(33)26-18-25(12-13-28(26)30-22)34-21-24-10-6-3-7-11-24/h2-13,18H,14-17,19-21H2,1H3,(H,30,33). The fourth-order valence-electron chi connectivity index (χ4n) is 4.62. The van der Waals surface area contributed by atoms with Gasteiger partial charge < -0.3 is 9.72 Å². The number of benzene rings is 3. The second kappa shape index (κ2) is 10.2. The molecule has 1 saturated heterocycles. The number of nitrogens with zero attached hydrogens (tertiary/aromatic N) is 2. The quantitative estimate of drug-likeness (QED) is 0.439. The molecular weight excluding hydrogens is 422 g/mol. The van der Waals surface area contributed by atoms with Gasteiger partial charge in [0.2, 0.25) is 0 Å². The van der Waals surface area contributed by atoms with E-state index in [1.807, 2.05) is 55.5 Å². The summed E-state index contributed by atoms with van der Waals surface area (Å²) >= 11 is 0. The van der Waals surface area contributed by atoms with E-state index in [9.17, 15) is 4.79 Å². The van der Waals surface area contributed by atoms with Crippen LogP contribution in [0.3, 0.4) is 0 Å². The van der Waals surface area contributed by atoms with Crippen molar-refractivity contribution >= 4 is 10.9 Å². The number of hydrogen-bond acceptors (Lipinski definition) is 4. The molecule has 0 radical (unpaired) electrons. The van der Waals surface area contributed by atoms with Crippen molar-refractivity contribution in [1.29, 1.82) is 0 Å². The summed E-state index contributed by atoms with van der Waals surface area (Å²) in [4.78, 5) is 21.8. The van der Waals surface area contributed by atoms with Gasteiger partial charge in [-0.2, -0.15) is 0 Å². The van der Waals surface area contributed by atoms with E-state index in [-0.39, 0.29) is 5.43 Å². The lowest BCUT2D eigenvalue weighted by Crippen LogP contribution is -2.46. The normalized spacial score (nSPS) is 15.0. The molecule has 0 saturated carbocycles. The number of rotatable bonds is 7. The van der Waals surface area contributed by atoms with E-state index in [0.29, 0.717) is 24.3 Å². The maximum Gasteiger partial charge on any atom is 0.194 e. The van der Waals surface area contributed by atoms with Gasteiger partial charge in [-0.25, -0.2) is 0 Å². The molecule has 1 N–H and O–H groups in total. The molecule has 3 aromatic carbocycles. The molecule has 0 atom stereocenters. The number of aromatic amines is 1. The van der Waals surface area contributed by atoms with Gasteiger partial charge in [-0.05, 0) is 36.2 Å². The third-order valence-corrected chi connectivity index (χ3v) is 6.63. The summed E-state index contributed by atoms with van der Waals surface area (Å²) < 4.78 is 5.97. The highest BCUT2D eigenvalue weighted by Gasteiger charge is 2.20. The predicted octanol–water partition coefficient (Wildman–Crippen LogP) is 4.73. The number of ether oxygens (including phenoxy) is 1. The van der Waals surface area contributed by atoms with Gasteiger partial charge in [-0.1, -0.05) is 60.7 Å². The molecule has 1 aromatic heterocycles. The van der Waals surface area contributed by atoms with E-state index in [2.05, 4.69) is 45.1 Å². The lowest BCUT2D eigenvalue weighted by molar-refractivity contribution is 0.121. The Hall–Kier alpha value is -3.41. The minimum Gasteiger partial charge on any atom is -0.489 e. The van der Waals surface area contributed by atoms with Crippen LogP contribution in [0.5, 0.6) is 5.75 Å². The van der Waals surface area contributed by atoms with Crippen molar-refractivity contribution in [2.45, 2.75) is 26.6 Å². The van der Waals surface area contributed by atoms with E-state index < -0.39 is 0 Å². The summed E-state index contributed by atoms with van der Waals surface area (Å²) in [5, 5.41) is 0.689. The first-order chi connectivity index (χ1) is 16.7. The van der Waals surface area contributed by atoms with Crippen LogP contribution < -0.4 is 10.2 Å². The Bertz CT molecular complexity index is 1290. The molecule has 1 aliphatic heterocycles. The lowest BCUT2D eigenvalue weighted by Gasteiger charge is -2.34. The third-order valence-electron chi connectivity index (χ3n) is 6.63. The fraction of sp³-hybridized carbons (Fsp3) is 0.276. The Balaban J connectivity index is 1.27. The van der Waals surface area contributed by atoms with Crippen LogP contribution in [-0.2, 0) is 19.7 Å². The van der Waals surface area contributed by atoms with Crippen LogP contribution in [-0.4, -0.2) is 41.0 Å². The van der Waals surface area contributed by atoms with E-state index in [1.165, 1.54) is 5.56 Å². The van der Waals surface area contributed by atoms with E-state index in [0.717, 1.165) is 55.1 Å². The SMILES string of the molecule is Cc1[nH]c2ccc(OCc3ccccc3)cc2c(=O)c1CN1CCN(Cc2ccccc2)CC1. The summed E-state index contributed by atoms with van der Waals surface area (Å²) in [6.45, 7) is 8.08. The predicted molar refractivity (Wildman–Crippen MR) is 137 cm³/mol. The van der Waals surface area contributed by atoms with Crippen LogP contribution >= 0.6 is 0 Å².